The molecule has 0 aromatic heterocycles. The number of hydrogen-bond donors (Lipinski definition) is 2. The Morgan fingerprint density at radius 1 is 1.19 bits per heavy atom. The molecule has 4 rings (SSSR count). The summed E-state index contributed by atoms with van der Waals surface area (Å²) in [5, 5.41) is 8.79. The predicted octanol–water partition coefficient (Wildman–Crippen LogP) is 2.85. The molecule has 1 fully saturated rings. The molecule has 2 aromatic rings. The zero-order valence-corrected chi connectivity index (χ0v) is 14.9. The predicted molar refractivity (Wildman–Crippen MR) is 96.6 cm³/mol. The van der Waals surface area contributed by atoms with E-state index in [2.05, 4.69) is 0 Å². The van der Waals surface area contributed by atoms with Crippen molar-refractivity contribution in [3.05, 3.63) is 70.5 Å². The molecular weight excluding hydrogens is 347 g/mol. The number of fused-ring (bicyclic) bond motifs is 1. The van der Waals surface area contributed by atoms with Crippen molar-refractivity contribution >= 4 is 11.8 Å². The number of carbonyl (C=O) groups is 2. The minimum atomic E-state index is -0.531. The SMILES string of the molecule is O=C(NO)c1ccc2c(c1)CC[C@]1(CCN(Cc3cccc(F)c3)C1=O)C2. The maximum Gasteiger partial charge on any atom is 0.274 e. The summed E-state index contributed by atoms with van der Waals surface area (Å²) in [7, 11) is 0. The van der Waals surface area contributed by atoms with Crippen molar-refractivity contribution in [1.29, 1.82) is 0 Å². The molecule has 2 aromatic carbocycles. The molecule has 2 aliphatic rings. The minimum Gasteiger partial charge on any atom is -0.338 e. The van der Waals surface area contributed by atoms with Crippen molar-refractivity contribution in [3.8, 4) is 0 Å². The van der Waals surface area contributed by atoms with Crippen LogP contribution in [0.4, 0.5) is 4.39 Å². The van der Waals surface area contributed by atoms with Crippen LogP contribution in [0.3, 0.4) is 0 Å². The van der Waals surface area contributed by atoms with Crippen LogP contribution in [-0.4, -0.2) is 28.5 Å². The summed E-state index contributed by atoms with van der Waals surface area (Å²) < 4.78 is 13.4. The van der Waals surface area contributed by atoms with Gasteiger partial charge in [0.1, 0.15) is 5.82 Å². The molecule has 0 bridgehead atoms. The second kappa shape index (κ2) is 6.78. The van der Waals surface area contributed by atoms with Gasteiger partial charge in [0.25, 0.3) is 5.91 Å². The van der Waals surface area contributed by atoms with Crippen molar-refractivity contribution in [2.75, 3.05) is 6.54 Å². The first kappa shape index (κ1) is 17.7. The van der Waals surface area contributed by atoms with Gasteiger partial charge < -0.3 is 4.90 Å². The van der Waals surface area contributed by atoms with Crippen LogP contribution < -0.4 is 5.48 Å². The molecule has 0 saturated carbocycles. The molecule has 140 valence electrons. The Balaban J connectivity index is 1.52. The lowest BCUT2D eigenvalue weighted by Gasteiger charge is -2.33. The second-order valence-corrected chi connectivity index (χ2v) is 7.49. The van der Waals surface area contributed by atoms with Crippen LogP contribution in [0.25, 0.3) is 0 Å². The summed E-state index contributed by atoms with van der Waals surface area (Å²) in [5.41, 5.74) is 4.60. The largest absolute Gasteiger partial charge is 0.338 e. The van der Waals surface area contributed by atoms with E-state index in [0.717, 1.165) is 36.0 Å². The minimum absolute atomic E-state index is 0.134. The van der Waals surface area contributed by atoms with Crippen LogP contribution in [0, 0.1) is 11.2 Å². The first-order valence-corrected chi connectivity index (χ1v) is 9.11. The molecule has 1 aliphatic heterocycles. The highest BCUT2D eigenvalue weighted by atomic mass is 19.1. The summed E-state index contributed by atoms with van der Waals surface area (Å²) in [6.07, 6.45) is 2.91. The molecule has 6 heteroatoms. The van der Waals surface area contributed by atoms with Gasteiger partial charge in [0.15, 0.2) is 0 Å². The fourth-order valence-electron chi connectivity index (χ4n) is 4.36. The number of hydroxylamine groups is 1. The van der Waals surface area contributed by atoms with Gasteiger partial charge in [-0.1, -0.05) is 18.2 Å². The second-order valence-electron chi connectivity index (χ2n) is 7.49. The Hall–Kier alpha value is -2.73. The van der Waals surface area contributed by atoms with Crippen LogP contribution in [0.1, 0.15) is 39.9 Å². The highest BCUT2D eigenvalue weighted by Crippen LogP contribution is 2.44. The molecule has 1 spiro atoms. The fraction of sp³-hybridized carbons (Fsp3) is 0.333. The van der Waals surface area contributed by atoms with Crippen LogP contribution in [0.5, 0.6) is 0 Å². The Bertz CT molecular complexity index is 914. The van der Waals surface area contributed by atoms with Gasteiger partial charge in [-0.05, 0) is 66.6 Å². The summed E-state index contributed by atoms with van der Waals surface area (Å²) >= 11 is 0. The number of benzene rings is 2. The van der Waals surface area contributed by atoms with Gasteiger partial charge in [0, 0.05) is 18.7 Å². The first-order valence-electron chi connectivity index (χ1n) is 9.11. The molecule has 1 atom stereocenters. The summed E-state index contributed by atoms with van der Waals surface area (Å²) in [5.74, 6) is -0.686. The average Bonchev–Trinajstić information content (AvgIpc) is 2.96. The summed E-state index contributed by atoms with van der Waals surface area (Å²) in [4.78, 5) is 26.6. The molecule has 1 saturated heterocycles. The molecule has 2 N–H and O–H groups in total. The molecular formula is C21H21FN2O3. The maximum atomic E-state index is 13.4. The van der Waals surface area contributed by atoms with E-state index in [1.165, 1.54) is 12.1 Å². The number of amides is 2. The van der Waals surface area contributed by atoms with E-state index >= 15 is 0 Å². The standard InChI is InChI=1S/C21H21FN2O3/c22-18-3-1-2-14(10-18)13-24-9-8-21(20(24)26)7-6-15-11-16(19(25)23-27)4-5-17(15)12-21/h1-5,10-11,27H,6-9,12-13H2,(H,23,25)/t21-/m0/s1. The number of aryl methyl sites for hydroxylation is 1. The number of carbonyl (C=O) groups excluding carboxylic acids is 2. The van der Waals surface area contributed by atoms with Crippen molar-refractivity contribution < 1.29 is 19.2 Å². The zero-order valence-electron chi connectivity index (χ0n) is 14.9. The van der Waals surface area contributed by atoms with E-state index in [1.54, 1.807) is 23.7 Å². The Morgan fingerprint density at radius 2 is 2.04 bits per heavy atom. The fourth-order valence-corrected chi connectivity index (χ4v) is 4.36. The van der Waals surface area contributed by atoms with Crippen LogP contribution >= 0.6 is 0 Å². The van der Waals surface area contributed by atoms with Gasteiger partial charge in [0.05, 0.1) is 5.41 Å². The van der Waals surface area contributed by atoms with Gasteiger partial charge in [-0.2, -0.15) is 0 Å². The Morgan fingerprint density at radius 3 is 2.81 bits per heavy atom. The molecule has 2 amide bonds. The summed E-state index contributed by atoms with van der Waals surface area (Å²) in [6.45, 7) is 1.11. The number of hydrogen-bond acceptors (Lipinski definition) is 3. The molecule has 27 heavy (non-hydrogen) atoms. The summed E-state index contributed by atoms with van der Waals surface area (Å²) in [6, 6.07) is 11.7. The molecule has 1 heterocycles. The Kier molecular flexibility index (Phi) is 4.44. The van der Waals surface area contributed by atoms with E-state index in [4.69, 9.17) is 5.21 Å². The van der Waals surface area contributed by atoms with Crippen molar-refractivity contribution in [2.45, 2.75) is 32.2 Å². The van der Waals surface area contributed by atoms with Crippen molar-refractivity contribution in [1.82, 2.24) is 10.4 Å². The monoisotopic (exact) mass is 368 g/mol. The third kappa shape index (κ3) is 3.21. The highest BCUT2D eigenvalue weighted by molar-refractivity contribution is 5.93. The van der Waals surface area contributed by atoms with Crippen molar-refractivity contribution in [2.24, 2.45) is 5.41 Å². The molecule has 0 radical (unpaired) electrons. The van der Waals surface area contributed by atoms with Gasteiger partial charge in [-0.15, -0.1) is 0 Å². The molecule has 0 unspecified atom stereocenters. The third-order valence-corrected chi connectivity index (χ3v) is 5.84. The number of nitrogens with zero attached hydrogens (tertiary/aromatic N) is 1. The van der Waals surface area contributed by atoms with Crippen molar-refractivity contribution in [3.63, 3.8) is 0 Å². The number of halogens is 1. The Labute approximate surface area is 156 Å². The lowest BCUT2D eigenvalue weighted by molar-refractivity contribution is -0.137. The lowest BCUT2D eigenvalue weighted by Crippen LogP contribution is -2.38. The van der Waals surface area contributed by atoms with Gasteiger partial charge in [-0.3, -0.25) is 14.8 Å². The van der Waals surface area contributed by atoms with E-state index < -0.39 is 11.3 Å². The van der Waals surface area contributed by atoms with Gasteiger partial charge in [0.2, 0.25) is 5.91 Å². The zero-order chi connectivity index (χ0) is 19.0. The topological polar surface area (TPSA) is 69.6 Å². The van der Waals surface area contributed by atoms with Crippen LogP contribution in [-0.2, 0) is 24.2 Å². The van der Waals surface area contributed by atoms with Gasteiger partial charge in [-0.25, -0.2) is 9.87 Å². The normalized spacial score (nSPS) is 21.4. The van der Waals surface area contributed by atoms with Crippen LogP contribution in [0.15, 0.2) is 42.5 Å². The van der Waals surface area contributed by atoms with E-state index in [0.29, 0.717) is 25.1 Å². The van der Waals surface area contributed by atoms with E-state index in [9.17, 15) is 14.0 Å². The third-order valence-electron chi connectivity index (χ3n) is 5.84. The smallest absolute Gasteiger partial charge is 0.274 e. The van der Waals surface area contributed by atoms with E-state index in [1.807, 2.05) is 17.0 Å². The average molecular weight is 368 g/mol. The lowest BCUT2D eigenvalue weighted by atomic mass is 9.70. The quantitative estimate of drug-likeness (QED) is 0.647. The van der Waals surface area contributed by atoms with E-state index in [-0.39, 0.29) is 11.7 Å². The number of likely N-dealkylation sites (tertiary alicyclic amines) is 1. The number of rotatable bonds is 3. The highest BCUT2D eigenvalue weighted by Gasteiger charge is 2.47. The molecule has 5 nitrogen and oxygen atoms in total. The maximum absolute atomic E-state index is 13.4. The van der Waals surface area contributed by atoms with Gasteiger partial charge >= 0.3 is 0 Å². The molecule has 1 aliphatic carbocycles. The van der Waals surface area contributed by atoms with Crippen LogP contribution in [0.2, 0.25) is 0 Å². The number of nitrogens with one attached hydrogen (secondary N) is 1. The first-order chi connectivity index (χ1) is 13.0.